The molecule has 0 N–H and O–H groups in total. The molecule has 0 bridgehead atoms. The highest BCUT2D eigenvalue weighted by molar-refractivity contribution is 5.77. The number of anilines is 1. The SMILES string of the molecule is Cc1ccccc1N1CCN(C(=O)CCc2ccc3c(c2)OCO3)CC1. The number of fused-ring (bicyclic) bond motifs is 1. The zero-order valence-corrected chi connectivity index (χ0v) is 15.1. The van der Waals surface area contributed by atoms with Crippen LogP contribution in [-0.4, -0.2) is 43.8 Å². The van der Waals surface area contributed by atoms with Crippen molar-refractivity contribution in [2.75, 3.05) is 37.9 Å². The van der Waals surface area contributed by atoms with Gasteiger partial charge < -0.3 is 19.3 Å². The van der Waals surface area contributed by atoms with Gasteiger partial charge in [0, 0.05) is 38.3 Å². The highest BCUT2D eigenvalue weighted by atomic mass is 16.7. The number of aryl methyl sites for hydroxylation is 2. The van der Waals surface area contributed by atoms with Crippen molar-refractivity contribution < 1.29 is 14.3 Å². The van der Waals surface area contributed by atoms with E-state index in [0.717, 1.165) is 49.7 Å². The first kappa shape index (κ1) is 16.8. The predicted molar refractivity (Wildman–Crippen MR) is 101 cm³/mol. The zero-order valence-electron chi connectivity index (χ0n) is 15.1. The monoisotopic (exact) mass is 352 g/mol. The normalized spacial score (nSPS) is 16.0. The average molecular weight is 352 g/mol. The zero-order chi connectivity index (χ0) is 17.9. The lowest BCUT2D eigenvalue weighted by Crippen LogP contribution is -2.49. The molecule has 2 aliphatic heterocycles. The van der Waals surface area contributed by atoms with Crippen molar-refractivity contribution in [1.29, 1.82) is 0 Å². The van der Waals surface area contributed by atoms with Crippen LogP contribution >= 0.6 is 0 Å². The Kier molecular flexibility index (Phi) is 4.69. The maximum absolute atomic E-state index is 12.6. The molecule has 5 heteroatoms. The second kappa shape index (κ2) is 7.28. The summed E-state index contributed by atoms with van der Waals surface area (Å²) in [5.74, 6) is 1.79. The van der Waals surface area contributed by atoms with Crippen LogP contribution in [0.1, 0.15) is 17.5 Å². The quantitative estimate of drug-likeness (QED) is 0.848. The molecule has 1 amide bonds. The highest BCUT2D eigenvalue weighted by Gasteiger charge is 2.22. The number of benzene rings is 2. The topological polar surface area (TPSA) is 42.0 Å². The van der Waals surface area contributed by atoms with Crippen LogP contribution in [0.25, 0.3) is 0 Å². The maximum Gasteiger partial charge on any atom is 0.231 e. The molecule has 0 radical (unpaired) electrons. The van der Waals surface area contributed by atoms with E-state index in [1.54, 1.807) is 0 Å². The molecule has 1 saturated heterocycles. The molecule has 5 nitrogen and oxygen atoms in total. The third-order valence-corrected chi connectivity index (χ3v) is 5.15. The molecule has 0 aromatic heterocycles. The fourth-order valence-electron chi connectivity index (χ4n) is 3.62. The van der Waals surface area contributed by atoms with Crippen molar-refractivity contribution in [3.8, 4) is 11.5 Å². The molecule has 2 aliphatic rings. The lowest BCUT2D eigenvalue weighted by atomic mass is 10.1. The molecule has 2 heterocycles. The van der Waals surface area contributed by atoms with Crippen LogP contribution in [0.3, 0.4) is 0 Å². The van der Waals surface area contributed by atoms with Gasteiger partial charge in [-0.2, -0.15) is 0 Å². The minimum Gasteiger partial charge on any atom is -0.454 e. The third-order valence-electron chi connectivity index (χ3n) is 5.15. The van der Waals surface area contributed by atoms with Gasteiger partial charge >= 0.3 is 0 Å². The van der Waals surface area contributed by atoms with Crippen LogP contribution in [0.4, 0.5) is 5.69 Å². The molecular weight excluding hydrogens is 328 g/mol. The van der Waals surface area contributed by atoms with Crippen molar-refractivity contribution in [2.24, 2.45) is 0 Å². The van der Waals surface area contributed by atoms with E-state index >= 15 is 0 Å². The van der Waals surface area contributed by atoms with Crippen LogP contribution in [0.2, 0.25) is 0 Å². The summed E-state index contributed by atoms with van der Waals surface area (Å²) in [5, 5.41) is 0. The highest BCUT2D eigenvalue weighted by Crippen LogP contribution is 2.32. The van der Waals surface area contributed by atoms with Crippen LogP contribution in [0.5, 0.6) is 11.5 Å². The summed E-state index contributed by atoms with van der Waals surface area (Å²) in [5.41, 5.74) is 3.68. The Morgan fingerprint density at radius 1 is 1.00 bits per heavy atom. The number of hydrogen-bond acceptors (Lipinski definition) is 4. The first-order chi connectivity index (χ1) is 12.7. The number of amides is 1. The van der Waals surface area contributed by atoms with Crippen molar-refractivity contribution in [3.05, 3.63) is 53.6 Å². The largest absolute Gasteiger partial charge is 0.454 e. The minimum atomic E-state index is 0.229. The first-order valence-corrected chi connectivity index (χ1v) is 9.17. The van der Waals surface area contributed by atoms with Crippen LogP contribution < -0.4 is 14.4 Å². The Morgan fingerprint density at radius 3 is 2.58 bits per heavy atom. The summed E-state index contributed by atoms with van der Waals surface area (Å²) in [7, 11) is 0. The fraction of sp³-hybridized carbons (Fsp3) is 0.381. The molecule has 4 rings (SSSR count). The summed E-state index contributed by atoms with van der Waals surface area (Å²) in [6.07, 6.45) is 1.26. The Labute approximate surface area is 154 Å². The fourth-order valence-corrected chi connectivity index (χ4v) is 3.62. The number of ether oxygens (including phenoxy) is 2. The molecular formula is C21H24N2O3. The molecule has 0 atom stereocenters. The molecule has 26 heavy (non-hydrogen) atoms. The van der Waals surface area contributed by atoms with E-state index in [0.29, 0.717) is 6.42 Å². The summed E-state index contributed by atoms with van der Waals surface area (Å²) in [6, 6.07) is 14.3. The van der Waals surface area contributed by atoms with E-state index in [-0.39, 0.29) is 12.7 Å². The lowest BCUT2D eigenvalue weighted by Gasteiger charge is -2.37. The van der Waals surface area contributed by atoms with Crippen LogP contribution in [-0.2, 0) is 11.2 Å². The van der Waals surface area contributed by atoms with E-state index < -0.39 is 0 Å². The Hall–Kier alpha value is -2.69. The van der Waals surface area contributed by atoms with E-state index in [2.05, 4.69) is 36.1 Å². The van der Waals surface area contributed by atoms with Gasteiger partial charge in [-0.15, -0.1) is 0 Å². The molecule has 0 unspecified atom stereocenters. The summed E-state index contributed by atoms with van der Waals surface area (Å²) >= 11 is 0. The van der Waals surface area contributed by atoms with Gasteiger partial charge in [0.15, 0.2) is 11.5 Å². The van der Waals surface area contributed by atoms with Crippen LogP contribution in [0.15, 0.2) is 42.5 Å². The van der Waals surface area contributed by atoms with Crippen molar-refractivity contribution >= 4 is 11.6 Å². The lowest BCUT2D eigenvalue weighted by molar-refractivity contribution is -0.131. The van der Waals surface area contributed by atoms with Crippen LogP contribution in [0, 0.1) is 6.92 Å². The molecule has 0 saturated carbocycles. The summed E-state index contributed by atoms with van der Waals surface area (Å²) in [6.45, 7) is 5.77. The van der Waals surface area contributed by atoms with Gasteiger partial charge in [-0.05, 0) is 42.7 Å². The molecule has 136 valence electrons. The van der Waals surface area contributed by atoms with Gasteiger partial charge in [0.1, 0.15) is 0 Å². The van der Waals surface area contributed by atoms with Crippen molar-refractivity contribution in [3.63, 3.8) is 0 Å². The number of hydrogen-bond donors (Lipinski definition) is 0. The molecule has 1 fully saturated rings. The number of piperazine rings is 1. The van der Waals surface area contributed by atoms with E-state index in [4.69, 9.17) is 9.47 Å². The number of rotatable bonds is 4. The van der Waals surface area contributed by atoms with Gasteiger partial charge in [-0.1, -0.05) is 24.3 Å². The van der Waals surface area contributed by atoms with Gasteiger partial charge in [0.25, 0.3) is 0 Å². The molecule has 2 aromatic carbocycles. The summed E-state index contributed by atoms with van der Waals surface area (Å²) in [4.78, 5) is 16.9. The predicted octanol–water partition coefficient (Wildman–Crippen LogP) is 3.01. The van der Waals surface area contributed by atoms with Gasteiger partial charge in [-0.25, -0.2) is 0 Å². The molecule has 2 aromatic rings. The Balaban J connectivity index is 1.29. The second-order valence-electron chi connectivity index (χ2n) is 6.84. The minimum absolute atomic E-state index is 0.229. The van der Waals surface area contributed by atoms with E-state index in [9.17, 15) is 4.79 Å². The van der Waals surface area contributed by atoms with E-state index in [1.807, 2.05) is 23.1 Å². The molecule has 0 spiro atoms. The number of carbonyl (C=O) groups is 1. The number of nitrogens with zero attached hydrogens (tertiary/aromatic N) is 2. The maximum atomic E-state index is 12.6. The van der Waals surface area contributed by atoms with Gasteiger partial charge in [-0.3, -0.25) is 4.79 Å². The van der Waals surface area contributed by atoms with Gasteiger partial charge in [0.05, 0.1) is 0 Å². The average Bonchev–Trinajstić information content (AvgIpc) is 3.14. The smallest absolute Gasteiger partial charge is 0.231 e. The Bertz CT molecular complexity index is 798. The van der Waals surface area contributed by atoms with Gasteiger partial charge in [0.2, 0.25) is 12.7 Å². The second-order valence-corrected chi connectivity index (χ2v) is 6.84. The number of para-hydroxylation sites is 1. The van der Waals surface area contributed by atoms with E-state index in [1.165, 1.54) is 11.3 Å². The van der Waals surface area contributed by atoms with Crippen molar-refractivity contribution in [1.82, 2.24) is 4.90 Å². The van der Waals surface area contributed by atoms with Crippen molar-refractivity contribution in [2.45, 2.75) is 19.8 Å². The summed E-state index contributed by atoms with van der Waals surface area (Å²) < 4.78 is 10.7. The molecule has 0 aliphatic carbocycles. The standard InChI is InChI=1S/C21H24N2O3/c1-16-4-2-3-5-18(16)22-10-12-23(13-11-22)21(24)9-7-17-6-8-19-20(14-17)26-15-25-19/h2-6,8,14H,7,9-13,15H2,1H3. The third kappa shape index (κ3) is 3.47. The number of carbonyl (C=O) groups excluding carboxylic acids is 1. The Morgan fingerprint density at radius 2 is 1.77 bits per heavy atom. The first-order valence-electron chi connectivity index (χ1n) is 9.17.